The Kier molecular flexibility index (Phi) is 14.3. The molecule has 3 aromatic carbocycles. The summed E-state index contributed by atoms with van der Waals surface area (Å²) in [6.07, 6.45) is -6.17. The minimum Gasteiger partial charge on any atom is -0.497 e. The second-order valence-corrected chi connectivity index (χ2v) is 13.5. The molecule has 2 amide bonds. The molecule has 0 aliphatic rings. The van der Waals surface area contributed by atoms with Crippen LogP contribution in [0.1, 0.15) is 74.1 Å². The molecule has 0 radical (unpaired) electrons. The first-order chi connectivity index (χ1) is 24.8. The molecule has 0 saturated heterocycles. The predicted octanol–water partition coefficient (Wildman–Crippen LogP) is 5.85. The zero-order valence-corrected chi connectivity index (χ0v) is 30.2. The molecule has 53 heavy (non-hydrogen) atoms. The van der Waals surface area contributed by atoms with Gasteiger partial charge in [-0.2, -0.15) is 18.4 Å². The smallest absolute Gasteiger partial charge is 0.450 e. The van der Waals surface area contributed by atoms with Crippen LogP contribution in [0.3, 0.4) is 0 Å². The fourth-order valence-corrected chi connectivity index (χ4v) is 5.26. The van der Waals surface area contributed by atoms with E-state index in [9.17, 15) is 42.4 Å². The van der Waals surface area contributed by atoms with E-state index in [1.807, 2.05) is 6.07 Å². The van der Waals surface area contributed by atoms with Crippen LogP contribution >= 0.6 is 0 Å². The first-order valence-electron chi connectivity index (χ1n) is 16.6. The van der Waals surface area contributed by atoms with Gasteiger partial charge in [-0.1, -0.05) is 44.2 Å². The predicted molar refractivity (Wildman–Crippen MR) is 187 cm³/mol. The number of carbonyl (C=O) groups is 5. The molecule has 0 aliphatic heterocycles. The van der Waals surface area contributed by atoms with E-state index in [2.05, 4.69) is 10.6 Å². The summed E-state index contributed by atoms with van der Waals surface area (Å²) >= 11 is 0. The van der Waals surface area contributed by atoms with Crippen molar-refractivity contribution in [2.75, 3.05) is 13.7 Å². The number of hydrogen-bond donors (Lipinski definition) is 2. The van der Waals surface area contributed by atoms with Crippen LogP contribution < -0.4 is 20.1 Å². The van der Waals surface area contributed by atoms with E-state index in [4.69, 9.17) is 14.2 Å². The zero-order chi connectivity index (χ0) is 39.5. The van der Waals surface area contributed by atoms with Gasteiger partial charge in [-0.05, 0) is 80.3 Å². The third kappa shape index (κ3) is 12.8. The van der Waals surface area contributed by atoms with Gasteiger partial charge < -0.3 is 24.8 Å². The van der Waals surface area contributed by atoms with Crippen molar-refractivity contribution in [3.63, 3.8) is 0 Å². The van der Waals surface area contributed by atoms with Crippen molar-refractivity contribution in [2.45, 2.75) is 71.3 Å². The van der Waals surface area contributed by atoms with Gasteiger partial charge >= 0.3 is 12.1 Å². The number of nitrogens with one attached hydrogen (secondary N) is 2. The zero-order valence-electron chi connectivity index (χ0n) is 30.2. The number of ketones is 2. The summed E-state index contributed by atoms with van der Waals surface area (Å²) in [5.41, 5.74) is 0.254. The summed E-state index contributed by atoms with van der Waals surface area (Å²) in [4.78, 5) is 65.9. The number of amides is 2. The second kappa shape index (κ2) is 18.2. The Morgan fingerprint density at radius 3 is 2.11 bits per heavy atom. The summed E-state index contributed by atoms with van der Waals surface area (Å²) in [5.74, 6) is -7.19. The number of carbonyl (C=O) groups excluding carboxylic acids is 5. The average Bonchev–Trinajstić information content (AvgIpc) is 3.10. The van der Waals surface area contributed by atoms with Gasteiger partial charge in [-0.3, -0.25) is 19.2 Å². The highest BCUT2D eigenvalue weighted by Gasteiger charge is 2.45. The van der Waals surface area contributed by atoms with Gasteiger partial charge in [0.15, 0.2) is 12.4 Å². The lowest BCUT2D eigenvalue weighted by Crippen LogP contribution is -2.50. The Morgan fingerprint density at radius 1 is 0.868 bits per heavy atom. The van der Waals surface area contributed by atoms with Crippen LogP contribution in [0.4, 0.5) is 13.2 Å². The first-order valence-corrected chi connectivity index (χ1v) is 16.6. The van der Waals surface area contributed by atoms with Gasteiger partial charge in [-0.15, -0.1) is 0 Å². The topological polar surface area (TPSA) is 161 Å². The van der Waals surface area contributed by atoms with Crippen LogP contribution in [0.15, 0.2) is 72.8 Å². The summed E-state index contributed by atoms with van der Waals surface area (Å²) in [6, 6.07) is 17.0. The van der Waals surface area contributed by atoms with Crippen molar-refractivity contribution < 1.29 is 51.4 Å². The molecule has 0 fully saturated rings. The molecule has 0 aliphatic carbocycles. The summed E-state index contributed by atoms with van der Waals surface area (Å²) in [5, 5.41) is 14.6. The van der Waals surface area contributed by atoms with Gasteiger partial charge in [0.2, 0.25) is 11.7 Å². The van der Waals surface area contributed by atoms with Crippen LogP contribution in [-0.4, -0.2) is 60.9 Å². The van der Waals surface area contributed by atoms with Gasteiger partial charge in [0, 0.05) is 24.3 Å². The highest BCUT2D eigenvalue weighted by molar-refractivity contribution is 5.99. The largest absolute Gasteiger partial charge is 0.497 e. The van der Waals surface area contributed by atoms with Crippen LogP contribution in [0.2, 0.25) is 0 Å². The molecular formula is C39H42F3N3O8. The Bertz CT molecular complexity index is 1830. The van der Waals surface area contributed by atoms with E-state index in [-0.39, 0.29) is 28.9 Å². The van der Waals surface area contributed by atoms with Crippen LogP contribution in [-0.2, 0) is 30.3 Å². The highest BCUT2D eigenvalue weighted by atomic mass is 19.4. The number of esters is 1. The molecule has 11 nitrogen and oxygen atoms in total. The molecule has 0 unspecified atom stereocenters. The van der Waals surface area contributed by atoms with E-state index >= 15 is 0 Å². The first kappa shape index (κ1) is 41.7. The lowest BCUT2D eigenvalue weighted by atomic mass is 9.84. The lowest BCUT2D eigenvalue weighted by molar-refractivity contribution is -0.177. The van der Waals surface area contributed by atoms with Crippen molar-refractivity contribution in [1.82, 2.24) is 10.6 Å². The van der Waals surface area contributed by atoms with Crippen molar-refractivity contribution in [2.24, 2.45) is 11.8 Å². The van der Waals surface area contributed by atoms with E-state index in [1.54, 1.807) is 39.0 Å². The number of hydrogen-bond acceptors (Lipinski definition) is 9. The van der Waals surface area contributed by atoms with E-state index < -0.39 is 78.1 Å². The molecule has 0 heterocycles. The maximum absolute atomic E-state index is 14.1. The van der Waals surface area contributed by atoms with Gasteiger partial charge in [0.25, 0.3) is 5.91 Å². The molecule has 0 bridgehead atoms. The Balaban J connectivity index is 1.96. The molecule has 282 valence electrons. The maximum Gasteiger partial charge on any atom is 0.450 e. The van der Waals surface area contributed by atoms with E-state index in [0.717, 1.165) is 0 Å². The SMILES string of the molecule is COc1ccc([C@H](NC(=O)[C@H](Cc2cccc(C#N)c2)NC(=O)c2cccc(OCC(=O)OC(C)(C)C)c2)C(=O)C[C@H](C(=O)C(F)(F)F)C(C)C)cc1. The number of ether oxygens (including phenoxy) is 3. The third-order valence-electron chi connectivity index (χ3n) is 7.89. The number of nitriles is 1. The number of Topliss-reactive ketones (excluding diaryl/α,β-unsaturated/α-hetero) is 2. The lowest BCUT2D eigenvalue weighted by Gasteiger charge is -2.26. The number of alkyl halides is 3. The molecule has 3 atom stereocenters. The summed E-state index contributed by atoms with van der Waals surface area (Å²) in [7, 11) is 1.41. The normalized spacial score (nSPS) is 13.2. The maximum atomic E-state index is 14.1. The van der Waals surface area contributed by atoms with Crippen molar-refractivity contribution in [3.8, 4) is 17.6 Å². The molecule has 0 spiro atoms. The minimum atomic E-state index is -5.18. The summed E-state index contributed by atoms with van der Waals surface area (Å²) < 4.78 is 56.4. The van der Waals surface area contributed by atoms with Crippen molar-refractivity contribution in [1.29, 1.82) is 5.26 Å². The number of halogens is 3. The second-order valence-electron chi connectivity index (χ2n) is 13.5. The fourth-order valence-electron chi connectivity index (χ4n) is 5.26. The van der Waals surface area contributed by atoms with Gasteiger partial charge in [-0.25, -0.2) is 4.79 Å². The Morgan fingerprint density at radius 2 is 1.53 bits per heavy atom. The number of rotatable bonds is 16. The third-order valence-corrected chi connectivity index (χ3v) is 7.89. The molecule has 3 aromatic rings. The number of methoxy groups -OCH3 is 1. The van der Waals surface area contributed by atoms with Crippen LogP contribution in [0, 0.1) is 23.2 Å². The van der Waals surface area contributed by atoms with Gasteiger partial charge in [0.1, 0.15) is 29.2 Å². The molecular weight excluding hydrogens is 695 g/mol. The quantitative estimate of drug-likeness (QED) is 0.172. The Labute approximate surface area is 305 Å². The van der Waals surface area contributed by atoms with Crippen molar-refractivity contribution in [3.05, 3.63) is 95.1 Å². The molecule has 3 rings (SSSR count). The standard InChI is InChI=1S/C39H42F3N3O8/c1-23(2)30(35(48)39(40,41)42)20-32(46)34(26-13-15-28(51-6)16-14-26)45-37(50)31(18-24-9-7-10-25(17-24)21-43)44-36(49)27-11-8-12-29(19-27)52-22-33(47)53-38(3,4)5/h7-17,19,23,30-31,34H,18,20,22H2,1-6H3,(H,44,49)(H,45,50)/t30-,31-,34-/m0/s1. The van der Waals surface area contributed by atoms with Crippen LogP contribution in [0.5, 0.6) is 11.5 Å². The van der Waals surface area contributed by atoms with Crippen molar-refractivity contribution >= 4 is 29.4 Å². The summed E-state index contributed by atoms with van der Waals surface area (Å²) in [6.45, 7) is 7.44. The highest BCUT2D eigenvalue weighted by Crippen LogP contribution is 2.30. The molecule has 0 saturated carbocycles. The minimum absolute atomic E-state index is 0.0449. The fraction of sp³-hybridized carbons (Fsp3) is 0.385. The average molecular weight is 738 g/mol. The van der Waals surface area contributed by atoms with Gasteiger partial charge in [0.05, 0.1) is 18.7 Å². The Hall–Kier alpha value is -5.71. The van der Waals surface area contributed by atoms with Crippen LogP contribution in [0.25, 0.3) is 0 Å². The van der Waals surface area contributed by atoms with E-state index in [1.165, 1.54) is 75.6 Å². The van der Waals surface area contributed by atoms with E-state index in [0.29, 0.717) is 11.3 Å². The molecule has 2 N–H and O–H groups in total. The monoisotopic (exact) mass is 737 g/mol. The number of nitrogens with zero attached hydrogens (tertiary/aromatic N) is 1. The molecule has 0 aromatic heterocycles. The number of benzene rings is 3. The molecule has 14 heteroatoms.